The molecular formula is C84H68O48. The predicted octanol–water partition coefficient (Wildman–Crippen LogP) is 5.17. The van der Waals surface area contributed by atoms with Crippen molar-refractivity contribution in [2.24, 2.45) is 0 Å². The second kappa shape index (κ2) is 38.2. The summed E-state index contributed by atoms with van der Waals surface area (Å²) in [4.78, 5) is 137. The summed E-state index contributed by atoms with van der Waals surface area (Å²) < 4.78 is 67.4. The van der Waals surface area contributed by atoms with Crippen LogP contribution in [-0.4, -0.2) is 267 Å². The van der Waals surface area contributed by atoms with Gasteiger partial charge in [0.1, 0.15) is 31.2 Å². The van der Waals surface area contributed by atoms with Crippen molar-refractivity contribution in [3.8, 4) is 149 Å². The summed E-state index contributed by atoms with van der Waals surface area (Å²) >= 11 is 0. The van der Waals surface area contributed by atoms with Gasteiger partial charge in [0.2, 0.25) is 24.8 Å². The van der Waals surface area contributed by atoms with E-state index in [-0.39, 0.29) is 22.4 Å². The molecule has 10 atom stereocenters. The summed E-state index contributed by atoms with van der Waals surface area (Å²) in [5.74, 6) is -40.6. The van der Waals surface area contributed by atoms with Crippen molar-refractivity contribution in [3.05, 3.63) is 200 Å². The normalized spacial score (nSPS) is 17.8. The number of esters is 10. The van der Waals surface area contributed by atoms with E-state index in [1.165, 1.54) is 13.8 Å². The molecule has 0 aromatic heterocycles. The van der Waals surface area contributed by atoms with Crippen molar-refractivity contribution in [2.45, 2.75) is 75.3 Å². The third-order valence-corrected chi connectivity index (χ3v) is 19.1. The number of carbonyl (C=O) groups excluding carboxylic acids is 10. The van der Waals surface area contributed by atoms with Crippen molar-refractivity contribution in [2.75, 3.05) is 13.2 Å². The van der Waals surface area contributed by atoms with Crippen LogP contribution in [0.4, 0.5) is 0 Å². The Hall–Kier alpha value is -18.4. The minimum Gasteiger partial charge on any atom is -0.508 e. The van der Waals surface area contributed by atoms with Gasteiger partial charge in [0.25, 0.3) is 0 Å². The Morgan fingerprint density at radius 1 is 0.212 bits per heavy atom. The average Bonchev–Trinajstić information content (AvgIpc) is 0.768. The lowest BCUT2D eigenvalue weighted by atomic mass is 9.97. The first kappa shape index (κ1) is 94.3. The van der Waals surface area contributed by atoms with E-state index in [9.17, 15) is 181 Å². The van der Waals surface area contributed by atoms with E-state index in [0.717, 1.165) is 42.5 Å². The molecule has 2 saturated heterocycles. The zero-order valence-electron chi connectivity index (χ0n) is 66.5. The van der Waals surface area contributed by atoms with Crippen LogP contribution in [0.25, 0.3) is 0 Å². The standard InChI is InChI=1S/C42H34O25.C42H34O23/c1-13-2-14(3-19(43)29(13)52)41(61)67-42-36(66-40(60)18-10-26(50)33(56)27(51)11-18)35(65-39(59)17-8-24(48)32(55)25(49)9-17)34(64-38(58)16-6-22(46)31(54)23(47)7-16)28(63-42)12-62-37(57)15-4-20(44)30(53)21(45)5-15;1-15-6-17(7-22(44)30(15)51)41(59)65-42-36(64-40(58)20-12-27(49)33(54)28(50)13-20)35(63-39(57)19-10-25(47)32(53)26(48)11-19)34(62-38(56)18-8-23(45)31(52)24(46)9-18)29(61-42)14-60-37(55)16-2-4-21(43)5-3-16/h2-11,28,34-36,42-56H,12H2,1H3;2-13,29,34-36,42-54H,14H2,1H3. The van der Waals surface area contributed by atoms with Gasteiger partial charge in [-0.05, 0) is 158 Å². The van der Waals surface area contributed by atoms with Crippen LogP contribution in [0.5, 0.6) is 149 Å². The second-order valence-corrected chi connectivity index (χ2v) is 28.2. The summed E-state index contributed by atoms with van der Waals surface area (Å²) in [6, 6.07) is 16.3. The lowest BCUT2D eigenvalue weighted by Crippen LogP contribution is -2.63. The molecule has 10 aromatic rings. The molecule has 0 amide bonds. The number of carbonyl (C=O) groups is 10. The average molecular weight is 1850 g/mol. The van der Waals surface area contributed by atoms with Crippen LogP contribution >= 0.6 is 0 Å². The van der Waals surface area contributed by atoms with E-state index in [1.807, 2.05) is 0 Å². The largest absolute Gasteiger partial charge is 0.508 e. The van der Waals surface area contributed by atoms with E-state index < -0.39 is 328 Å². The van der Waals surface area contributed by atoms with Gasteiger partial charge < -0.3 is 190 Å². The van der Waals surface area contributed by atoms with Gasteiger partial charge in [-0.25, -0.2) is 47.9 Å². The van der Waals surface area contributed by atoms with Crippen LogP contribution in [0, 0.1) is 13.8 Å². The Balaban J connectivity index is 0.000000255. The van der Waals surface area contributed by atoms with Gasteiger partial charge in [-0.3, -0.25) is 0 Å². The summed E-state index contributed by atoms with van der Waals surface area (Å²) in [6.07, 6.45) is -23.4. The molecule has 0 bridgehead atoms. The zero-order valence-corrected chi connectivity index (χ0v) is 66.5. The van der Waals surface area contributed by atoms with E-state index in [4.69, 9.17) is 56.8 Å². The molecule has 692 valence electrons. The fourth-order valence-electron chi connectivity index (χ4n) is 12.4. The van der Waals surface area contributed by atoms with Crippen LogP contribution in [0.15, 0.2) is 133 Å². The highest BCUT2D eigenvalue weighted by Crippen LogP contribution is 2.46. The molecule has 0 radical (unpaired) electrons. The number of ether oxygens (including phenoxy) is 12. The van der Waals surface area contributed by atoms with Gasteiger partial charge >= 0.3 is 59.7 Å². The molecule has 48 nitrogen and oxygen atoms in total. The number of benzene rings is 10. The first-order valence-electron chi connectivity index (χ1n) is 37.0. The molecule has 0 spiro atoms. The molecule has 2 aliphatic rings. The van der Waals surface area contributed by atoms with Gasteiger partial charge in [-0.1, -0.05) is 0 Å². The maximum atomic E-state index is 13.9. The molecule has 48 heteroatoms. The first-order valence-corrected chi connectivity index (χ1v) is 37.0. The van der Waals surface area contributed by atoms with Gasteiger partial charge in [0.05, 0.1) is 55.6 Å². The maximum Gasteiger partial charge on any atom is 0.340 e. The van der Waals surface area contributed by atoms with Gasteiger partial charge in [0, 0.05) is 0 Å². The van der Waals surface area contributed by atoms with Crippen molar-refractivity contribution < 1.29 is 238 Å². The molecular weight excluding hydrogens is 1780 g/mol. The number of rotatable bonds is 22. The number of phenolic OH excluding ortho intramolecular Hbond substituents is 26. The smallest absolute Gasteiger partial charge is 0.340 e. The highest BCUT2D eigenvalue weighted by Gasteiger charge is 2.57. The van der Waals surface area contributed by atoms with E-state index in [0.29, 0.717) is 91.0 Å². The Bertz CT molecular complexity index is 6090. The second-order valence-electron chi connectivity index (χ2n) is 28.2. The van der Waals surface area contributed by atoms with Crippen LogP contribution in [0.2, 0.25) is 0 Å². The third-order valence-electron chi connectivity index (χ3n) is 19.1. The van der Waals surface area contributed by atoms with E-state index in [2.05, 4.69) is 0 Å². The Morgan fingerprint density at radius 2 is 0.386 bits per heavy atom. The molecule has 26 N–H and O–H groups in total. The topological polar surface area (TPSA) is 807 Å². The van der Waals surface area contributed by atoms with E-state index in [1.54, 1.807) is 0 Å². The number of phenols is 26. The summed E-state index contributed by atoms with van der Waals surface area (Å²) in [5, 5.41) is 262. The fraction of sp³-hybridized carbons (Fsp3) is 0.167. The quantitative estimate of drug-likeness (QED) is 0.0236. The van der Waals surface area contributed by atoms with Gasteiger partial charge in [-0.2, -0.15) is 0 Å². The monoisotopic (exact) mass is 1840 g/mol. The Labute approximate surface area is 732 Å². The number of aromatic hydroxyl groups is 26. The molecule has 12 rings (SSSR count). The molecule has 132 heavy (non-hydrogen) atoms. The minimum atomic E-state index is -2.48. The maximum absolute atomic E-state index is 13.9. The molecule has 0 saturated carbocycles. The van der Waals surface area contributed by atoms with Gasteiger partial charge in [-0.15, -0.1) is 0 Å². The summed E-state index contributed by atoms with van der Waals surface area (Å²) in [5.41, 5.74) is -6.52. The van der Waals surface area contributed by atoms with Crippen molar-refractivity contribution in [1.82, 2.24) is 0 Å². The van der Waals surface area contributed by atoms with Crippen LogP contribution in [0.1, 0.15) is 115 Å². The fourth-order valence-corrected chi connectivity index (χ4v) is 12.4. The first-order chi connectivity index (χ1) is 62.1. The predicted molar refractivity (Wildman–Crippen MR) is 421 cm³/mol. The Morgan fingerprint density at radius 3 is 0.606 bits per heavy atom. The van der Waals surface area contributed by atoms with Crippen molar-refractivity contribution >= 4 is 59.7 Å². The number of hydrogen-bond donors (Lipinski definition) is 26. The van der Waals surface area contributed by atoms with Crippen molar-refractivity contribution in [1.29, 1.82) is 0 Å². The zero-order chi connectivity index (χ0) is 96.9. The molecule has 10 unspecified atom stereocenters. The number of hydrogen-bond acceptors (Lipinski definition) is 48. The van der Waals surface area contributed by atoms with Crippen molar-refractivity contribution in [3.63, 3.8) is 0 Å². The van der Waals surface area contributed by atoms with E-state index >= 15 is 0 Å². The SMILES string of the molecule is Cc1cc(C(=O)OC2OC(COC(=O)c3cc(O)c(O)c(O)c3)C(OC(=O)c3cc(O)c(O)c(O)c3)C(OC(=O)c3cc(O)c(O)c(O)c3)C2OC(=O)c2cc(O)c(O)c(O)c2)cc(O)c1O.Cc1cc(C(=O)OC2OC(COC(=O)c3ccc(O)cc3)C(OC(=O)c3cc(O)c(O)c(O)c3)C(OC(=O)c3cc(O)c(O)c(O)c3)C2OC(=O)c2cc(O)c(O)c(O)c2)cc(O)c1O. The molecule has 0 aliphatic carbocycles. The van der Waals surface area contributed by atoms with Crippen LogP contribution in [0.3, 0.4) is 0 Å². The minimum absolute atomic E-state index is 0.0547. The van der Waals surface area contributed by atoms with Gasteiger partial charge in [0.15, 0.2) is 168 Å². The highest BCUT2D eigenvalue weighted by atomic mass is 16.8. The lowest BCUT2D eigenvalue weighted by molar-refractivity contribution is -0.283. The molecule has 10 aromatic carbocycles. The van der Waals surface area contributed by atoms with Crippen LogP contribution < -0.4 is 0 Å². The molecule has 2 aliphatic heterocycles. The molecule has 2 fully saturated rings. The third kappa shape index (κ3) is 20.6. The lowest BCUT2D eigenvalue weighted by Gasteiger charge is -2.43. The highest BCUT2D eigenvalue weighted by molar-refractivity contribution is 5.97. The summed E-state index contributed by atoms with van der Waals surface area (Å²) in [7, 11) is 0. The van der Waals surface area contributed by atoms with Crippen LogP contribution in [-0.2, 0) is 56.8 Å². The Kier molecular flexibility index (Phi) is 27.3. The summed E-state index contributed by atoms with van der Waals surface area (Å²) in [6.45, 7) is 0.282. The molecule has 2 heterocycles. The number of aryl methyl sites for hydroxylation is 2.